The molecule has 4 nitrogen and oxygen atoms in total. The van der Waals surface area contributed by atoms with E-state index in [-0.39, 0.29) is 11.9 Å². The number of aromatic nitrogens is 2. The number of aryl methyl sites for hydroxylation is 1. The molecule has 1 atom stereocenters. The SMILES string of the molecule is CCc1cc2c(SCC(=O)N[C@@H](C)c3ccccc3)ncnc2s1. The summed E-state index contributed by atoms with van der Waals surface area (Å²) in [4.78, 5) is 23.2. The van der Waals surface area contributed by atoms with E-state index in [0.29, 0.717) is 5.75 Å². The zero-order valence-corrected chi connectivity index (χ0v) is 15.3. The van der Waals surface area contributed by atoms with Crippen LogP contribution in [0, 0.1) is 0 Å². The fourth-order valence-corrected chi connectivity index (χ4v) is 4.20. The van der Waals surface area contributed by atoms with Crippen LogP contribution in [0.15, 0.2) is 47.8 Å². The fourth-order valence-electron chi connectivity index (χ4n) is 2.42. The second-order valence-electron chi connectivity index (χ2n) is 5.45. The molecule has 0 unspecified atom stereocenters. The summed E-state index contributed by atoms with van der Waals surface area (Å²) in [5.41, 5.74) is 1.10. The predicted octanol–water partition coefficient (Wildman–Crippen LogP) is 4.22. The van der Waals surface area contributed by atoms with Gasteiger partial charge in [-0.3, -0.25) is 4.79 Å². The molecule has 3 rings (SSSR count). The molecular formula is C18H19N3OS2. The average molecular weight is 358 g/mol. The Balaban J connectivity index is 1.63. The van der Waals surface area contributed by atoms with Crippen LogP contribution in [0.25, 0.3) is 10.2 Å². The van der Waals surface area contributed by atoms with Crippen LogP contribution in [0.1, 0.15) is 30.3 Å². The summed E-state index contributed by atoms with van der Waals surface area (Å²) in [6.45, 7) is 4.12. The van der Waals surface area contributed by atoms with Gasteiger partial charge in [0, 0.05) is 10.3 Å². The van der Waals surface area contributed by atoms with Gasteiger partial charge in [-0.25, -0.2) is 9.97 Å². The molecule has 0 saturated carbocycles. The highest BCUT2D eigenvalue weighted by molar-refractivity contribution is 8.00. The first-order valence-electron chi connectivity index (χ1n) is 7.88. The third-order valence-corrected chi connectivity index (χ3v) is 5.90. The zero-order valence-electron chi connectivity index (χ0n) is 13.7. The molecule has 6 heteroatoms. The molecule has 3 aromatic rings. The fraction of sp³-hybridized carbons (Fsp3) is 0.278. The number of carbonyl (C=O) groups is 1. The quantitative estimate of drug-likeness (QED) is 0.530. The number of hydrogen-bond acceptors (Lipinski definition) is 5. The first-order valence-corrected chi connectivity index (χ1v) is 9.68. The van der Waals surface area contributed by atoms with Crippen molar-refractivity contribution in [2.75, 3.05) is 5.75 Å². The van der Waals surface area contributed by atoms with Gasteiger partial charge in [0.1, 0.15) is 16.2 Å². The molecular weight excluding hydrogens is 338 g/mol. The highest BCUT2D eigenvalue weighted by Crippen LogP contribution is 2.30. The first kappa shape index (κ1) is 16.9. The summed E-state index contributed by atoms with van der Waals surface area (Å²) in [5.74, 6) is 0.356. The maximum atomic E-state index is 12.2. The molecule has 2 heterocycles. The van der Waals surface area contributed by atoms with E-state index in [1.807, 2.05) is 37.3 Å². The Bertz CT molecular complexity index is 833. The summed E-state index contributed by atoms with van der Waals surface area (Å²) < 4.78 is 0. The molecule has 0 spiro atoms. The van der Waals surface area contributed by atoms with Crippen LogP contribution in [0.4, 0.5) is 0 Å². The van der Waals surface area contributed by atoms with E-state index in [9.17, 15) is 4.79 Å². The summed E-state index contributed by atoms with van der Waals surface area (Å²) in [7, 11) is 0. The van der Waals surface area contributed by atoms with Gasteiger partial charge in [0.2, 0.25) is 5.91 Å². The number of amides is 1. The summed E-state index contributed by atoms with van der Waals surface area (Å²) in [6.07, 6.45) is 2.56. The van der Waals surface area contributed by atoms with Crippen molar-refractivity contribution in [1.29, 1.82) is 0 Å². The number of hydrogen-bond donors (Lipinski definition) is 1. The number of nitrogens with one attached hydrogen (secondary N) is 1. The first-order chi connectivity index (χ1) is 11.7. The Hall–Kier alpha value is -1.92. The van der Waals surface area contributed by atoms with E-state index in [1.54, 1.807) is 17.7 Å². The van der Waals surface area contributed by atoms with E-state index < -0.39 is 0 Å². The lowest BCUT2D eigenvalue weighted by molar-refractivity contribution is -0.119. The molecule has 1 amide bonds. The number of nitrogens with zero attached hydrogens (tertiary/aromatic N) is 2. The van der Waals surface area contributed by atoms with E-state index >= 15 is 0 Å². The maximum Gasteiger partial charge on any atom is 0.230 e. The summed E-state index contributed by atoms with van der Waals surface area (Å²) >= 11 is 3.15. The number of fused-ring (bicyclic) bond motifs is 1. The molecule has 2 aromatic heterocycles. The highest BCUT2D eigenvalue weighted by atomic mass is 32.2. The van der Waals surface area contributed by atoms with Gasteiger partial charge in [0.25, 0.3) is 0 Å². The molecule has 0 fully saturated rings. The second-order valence-corrected chi connectivity index (χ2v) is 7.53. The van der Waals surface area contributed by atoms with Crippen LogP contribution in [0.5, 0.6) is 0 Å². The largest absolute Gasteiger partial charge is 0.349 e. The standard InChI is InChI=1S/C18H19N3OS2/c1-3-14-9-15-17(19-11-20-18(15)24-14)23-10-16(22)21-12(2)13-7-5-4-6-8-13/h4-9,11-12H,3,10H2,1-2H3,(H,21,22)/t12-/m0/s1. The molecule has 0 radical (unpaired) electrons. The molecule has 0 aliphatic heterocycles. The molecule has 1 N–H and O–H groups in total. The number of thioether (sulfide) groups is 1. The van der Waals surface area contributed by atoms with E-state index in [1.165, 1.54) is 16.6 Å². The Labute approximate surface area is 149 Å². The van der Waals surface area contributed by atoms with E-state index in [4.69, 9.17) is 0 Å². The van der Waals surface area contributed by atoms with Gasteiger partial charge in [0.15, 0.2) is 0 Å². The Morgan fingerprint density at radius 1 is 1.29 bits per heavy atom. The number of benzene rings is 1. The van der Waals surface area contributed by atoms with Crippen molar-refractivity contribution >= 4 is 39.2 Å². The Kier molecular flexibility index (Phi) is 5.48. The van der Waals surface area contributed by atoms with Gasteiger partial charge in [-0.2, -0.15) is 0 Å². The smallest absolute Gasteiger partial charge is 0.230 e. The van der Waals surface area contributed by atoms with Gasteiger partial charge in [-0.1, -0.05) is 49.0 Å². The lowest BCUT2D eigenvalue weighted by Gasteiger charge is -2.14. The van der Waals surface area contributed by atoms with Crippen LogP contribution < -0.4 is 5.32 Å². The Morgan fingerprint density at radius 3 is 2.83 bits per heavy atom. The molecule has 0 aliphatic rings. The third-order valence-electron chi connectivity index (χ3n) is 3.71. The van der Waals surface area contributed by atoms with Crippen LogP contribution in [0.2, 0.25) is 0 Å². The van der Waals surface area contributed by atoms with Crippen molar-refractivity contribution in [3.63, 3.8) is 0 Å². The molecule has 1 aromatic carbocycles. The number of thiophene rings is 1. The normalized spacial score (nSPS) is 12.2. The van der Waals surface area contributed by atoms with Gasteiger partial charge in [-0.05, 0) is 25.0 Å². The summed E-state index contributed by atoms with van der Waals surface area (Å²) in [6, 6.07) is 12.1. The average Bonchev–Trinajstić information content (AvgIpc) is 3.04. The summed E-state index contributed by atoms with van der Waals surface area (Å²) in [5, 5.41) is 4.95. The topological polar surface area (TPSA) is 54.9 Å². The Morgan fingerprint density at radius 2 is 2.08 bits per heavy atom. The molecule has 124 valence electrons. The van der Waals surface area contributed by atoms with Crippen molar-refractivity contribution in [2.24, 2.45) is 0 Å². The molecule has 0 aliphatic carbocycles. The molecule has 0 saturated heterocycles. The molecule has 24 heavy (non-hydrogen) atoms. The van der Waals surface area contributed by atoms with Crippen LogP contribution >= 0.6 is 23.1 Å². The van der Waals surface area contributed by atoms with Crippen LogP contribution in [-0.4, -0.2) is 21.6 Å². The van der Waals surface area contributed by atoms with Crippen molar-refractivity contribution in [1.82, 2.24) is 15.3 Å². The highest BCUT2D eigenvalue weighted by Gasteiger charge is 2.13. The van der Waals surface area contributed by atoms with E-state index in [2.05, 4.69) is 28.3 Å². The van der Waals surface area contributed by atoms with Gasteiger partial charge < -0.3 is 5.32 Å². The lowest BCUT2D eigenvalue weighted by Crippen LogP contribution is -2.28. The van der Waals surface area contributed by atoms with Crippen molar-refractivity contribution in [3.05, 3.63) is 53.2 Å². The van der Waals surface area contributed by atoms with E-state index in [0.717, 1.165) is 27.2 Å². The minimum absolute atomic E-state index is 0.00226. The molecule has 0 bridgehead atoms. The van der Waals surface area contributed by atoms with Crippen molar-refractivity contribution in [3.8, 4) is 0 Å². The predicted molar refractivity (Wildman–Crippen MR) is 101 cm³/mol. The monoisotopic (exact) mass is 357 g/mol. The second kappa shape index (κ2) is 7.77. The van der Waals surface area contributed by atoms with Gasteiger partial charge in [-0.15, -0.1) is 11.3 Å². The zero-order chi connectivity index (χ0) is 16.9. The van der Waals surface area contributed by atoms with Crippen molar-refractivity contribution < 1.29 is 4.79 Å². The minimum atomic E-state index is -0.00226. The number of carbonyl (C=O) groups excluding carboxylic acids is 1. The minimum Gasteiger partial charge on any atom is -0.349 e. The number of rotatable bonds is 6. The lowest BCUT2D eigenvalue weighted by atomic mass is 10.1. The van der Waals surface area contributed by atoms with Crippen LogP contribution in [-0.2, 0) is 11.2 Å². The maximum absolute atomic E-state index is 12.2. The van der Waals surface area contributed by atoms with Gasteiger partial charge in [0.05, 0.1) is 11.8 Å². The van der Waals surface area contributed by atoms with Gasteiger partial charge >= 0.3 is 0 Å². The third kappa shape index (κ3) is 3.94. The van der Waals surface area contributed by atoms with Crippen molar-refractivity contribution in [2.45, 2.75) is 31.3 Å². The van der Waals surface area contributed by atoms with Crippen LogP contribution in [0.3, 0.4) is 0 Å².